The van der Waals surface area contributed by atoms with E-state index in [1.165, 1.54) is 7.11 Å². The van der Waals surface area contributed by atoms with E-state index in [4.69, 9.17) is 4.74 Å². The van der Waals surface area contributed by atoms with E-state index in [1.807, 2.05) is 89.2 Å². The van der Waals surface area contributed by atoms with Crippen LogP contribution >= 0.6 is 0 Å². The topological polar surface area (TPSA) is 108 Å². The smallest absolute Gasteiger partial charge is 0.328 e. The summed E-state index contributed by atoms with van der Waals surface area (Å²) in [7, 11) is 3.02. The highest BCUT2D eigenvalue weighted by Gasteiger charge is 2.40. The predicted molar refractivity (Wildman–Crippen MR) is 209 cm³/mol. The standard InChI is InChI=1S/C43H62N4O5/c1-12-30(5)47-25-17-16-20-36(47)40(49)45-38(43(7,8)9)41(50)46(10)37(28(2)3)26-29(4)39(48)44-35(42(51)52-11)27-32-21-23-34(24-22-32)31(6)33-18-14-13-15-19-33/h13-15,18-19,21-24,26,28,30,35-38H,6,12,16-17,20,25,27H2,1-5,7-11H3,(H,44,48)(H,45,49)/b29-26+/t30?,35?,36?,37-,38?/m1/s1. The molecule has 0 bridgehead atoms. The number of hydrogen-bond acceptors (Lipinski definition) is 6. The van der Waals surface area contributed by atoms with Gasteiger partial charge in [-0.1, -0.05) is 115 Å². The van der Waals surface area contributed by atoms with Crippen LogP contribution in [0.5, 0.6) is 0 Å². The molecule has 1 heterocycles. The summed E-state index contributed by atoms with van der Waals surface area (Å²) in [6.07, 6.45) is 5.76. The SMILES string of the molecule is C=C(c1ccccc1)c1ccc(CC(NC(=O)/C(C)=C/[C@H](C(C)C)N(C)C(=O)C(NC(=O)C2CCCCN2C(C)CC)C(C)(C)C)C(=O)OC)cc1. The average Bonchev–Trinajstić information content (AvgIpc) is 3.13. The van der Waals surface area contributed by atoms with E-state index in [0.717, 1.165) is 54.5 Å². The molecule has 9 nitrogen and oxygen atoms in total. The van der Waals surface area contributed by atoms with Crippen LogP contribution in [-0.2, 0) is 30.3 Å². The first-order chi connectivity index (χ1) is 24.5. The molecule has 0 radical (unpaired) electrons. The number of methoxy groups -OCH3 is 1. The number of esters is 1. The maximum Gasteiger partial charge on any atom is 0.328 e. The summed E-state index contributed by atoms with van der Waals surface area (Å²) >= 11 is 0. The molecule has 4 unspecified atom stereocenters. The molecule has 5 atom stereocenters. The van der Waals surface area contributed by atoms with Crippen LogP contribution in [-0.4, -0.2) is 84.4 Å². The van der Waals surface area contributed by atoms with Crippen molar-refractivity contribution >= 4 is 29.3 Å². The first kappa shape index (κ1) is 42.2. The number of likely N-dealkylation sites (tertiary alicyclic amines) is 1. The van der Waals surface area contributed by atoms with E-state index in [0.29, 0.717) is 5.57 Å². The largest absolute Gasteiger partial charge is 0.467 e. The molecule has 1 saturated heterocycles. The number of piperidine rings is 1. The molecule has 1 aliphatic heterocycles. The van der Waals surface area contributed by atoms with Crippen molar-refractivity contribution in [2.45, 2.75) is 118 Å². The third kappa shape index (κ3) is 11.1. The number of hydrogen-bond donors (Lipinski definition) is 2. The zero-order valence-electron chi connectivity index (χ0n) is 33.1. The first-order valence-electron chi connectivity index (χ1n) is 18.7. The first-order valence-corrected chi connectivity index (χ1v) is 18.7. The van der Waals surface area contributed by atoms with E-state index in [1.54, 1.807) is 24.9 Å². The Morgan fingerprint density at radius 1 is 0.981 bits per heavy atom. The van der Waals surface area contributed by atoms with E-state index < -0.39 is 35.4 Å². The van der Waals surface area contributed by atoms with Gasteiger partial charge in [-0.25, -0.2) is 4.79 Å². The van der Waals surface area contributed by atoms with Crippen LogP contribution in [0.3, 0.4) is 0 Å². The van der Waals surface area contributed by atoms with E-state index in [2.05, 4.69) is 36.0 Å². The maximum atomic E-state index is 14.2. The number of rotatable bonds is 15. The number of nitrogens with zero attached hydrogens (tertiary/aromatic N) is 2. The van der Waals surface area contributed by atoms with Gasteiger partial charge in [0.25, 0.3) is 0 Å². The summed E-state index contributed by atoms with van der Waals surface area (Å²) in [6, 6.07) is 15.5. The lowest BCUT2D eigenvalue weighted by Gasteiger charge is -2.41. The summed E-state index contributed by atoms with van der Waals surface area (Å²) in [5.41, 5.74) is 3.53. The Morgan fingerprint density at radius 2 is 1.60 bits per heavy atom. The Morgan fingerprint density at radius 3 is 2.15 bits per heavy atom. The van der Waals surface area contributed by atoms with E-state index >= 15 is 0 Å². The maximum absolute atomic E-state index is 14.2. The van der Waals surface area contributed by atoms with Crippen molar-refractivity contribution in [3.05, 3.63) is 89.5 Å². The lowest BCUT2D eigenvalue weighted by Crippen LogP contribution is -2.60. The minimum atomic E-state index is -0.920. The third-order valence-corrected chi connectivity index (χ3v) is 10.3. The number of benzene rings is 2. The Kier molecular flexibility index (Phi) is 15.4. The normalized spacial score (nSPS) is 17.8. The fraction of sp³-hybridized carbons (Fsp3) is 0.535. The van der Waals surface area contributed by atoms with Crippen LogP contribution in [0.2, 0.25) is 0 Å². The van der Waals surface area contributed by atoms with Gasteiger partial charge in [0, 0.05) is 25.1 Å². The summed E-state index contributed by atoms with van der Waals surface area (Å²) in [6.45, 7) is 20.9. The summed E-state index contributed by atoms with van der Waals surface area (Å²) in [5, 5.41) is 6.00. The molecule has 0 aliphatic carbocycles. The number of ether oxygens (including phenoxy) is 1. The Bertz CT molecular complexity index is 1560. The van der Waals surface area contributed by atoms with Crippen molar-refractivity contribution in [2.75, 3.05) is 20.7 Å². The van der Waals surface area contributed by atoms with Gasteiger partial charge in [-0.05, 0) is 73.3 Å². The lowest BCUT2D eigenvalue weighted by molar-refractivity contribution is -0.144. The highest BCUT2D eigenvalue weighted by Crippen LogP contribution is 2.27. The van der Waals surface area contributed by atoms with E-state index in [9.17, 15) is 19.2 Å². The fourth-order valence-corrected chi connectivity index (χ4v) is 6.81. The third-order valence-electron chi connectivity index (χ3n) is 10.3. The second-order valence-corrected chi connectivity index (χ2v) is 15.6. The van der Waals surface area contributed by atoms with Gasteiger partial charge in [0.15, 0.2) is 0 Å². The second kappa shape index (κ2) is 19.0. The van der Waals surface area contributed by atoms with Gasteiger partial charge in [0.05, 0.1) is 19.2 Å². The van der Waals surface area contributed by atoms with Crippen molar-refractivity contribution < 1.29 is 23.9 Å². The van der Waals surface area contributed by atoms with Crippen LogP contribution in [0.25, 0.3) is 5.57 Å². The lowest BCUT2D eigenvalue weighted by atomic mass is 9.84. The molecule has 52 heavy (non-hydrogen) atoms. The molecule has 9 heteroatoms. The van der Waals surface area contributed by atoms with Crippen LogP contribution in [0.1, 0.15) is 97.8 Å². The van der Waals surface area contributed by atoms with Crippen molar-refractivity contribution in [1.82, 2.24) is 20.4 Å². The predicted octanol–water partition coefficient (Wildman–Crippen LogP) is 6.56. The van der Waals surface area contributed by atoms with Gasteiger partial charge >= 0.3 is 5.97 Å². The zero-order chi connectivity index (χ0) is 38.7. The molecular weight excluding hydrogens is 652 g/mol. The summed E-state index contributed by atoms with van der Waals surface area (Å²) in [5.74, 6) is -1.37. The molecule has 1 fully saturated rings. The fourth-order valence-electron chi connectivity index (χ4n) is 6.81. The number of nitrogens with one attached hydrogen (secondary N) is 2. The van der Waals surface area contributed by atoms with Gasteiger partial charge in [-0.2, -0.15) is 0 Å². The minimum absolute atomic E-state index is 0.0483. The van der Waals surface area contributed by atoms with Gasteiger partial charge in [0.2, 0.25) is 17.7 Å². The molecule has 2 aromatic rings. The van der Waals surface area contributed by atoms with Gasteiger partial charge < -0.3 is 20.3 Å². The molecule has 284 valence electrons. The number of amides is 3. The molecule has 0 spiro atoms. The molecule has 0 saturated carbocycles. The second-order valence-electron chi connectivity index (χ2n) is 15.6. The highest BCUT2D eigenvalue weighted by molar-refractivity contribution is 5.96. The minimum Gasteiger partial charge on any atom is -0.467 e. The van der Waals surface area contributed by atoms with Gasteiger partial charge in [-0.3, -0.25) is 19.3 Å². The number of carbonyl (C=O) groups excluding carboxylic acids is 4. The quantitative estimate of drug-likeness (QED) is 0.160. The van der Waals surface area contributed by atoms with Gasteiger partial charge in [0.1, 0.15) is 12.1 Å². The molecular formula is C43H62N4O5. The molecule has 2 aromatic carbocycles. The molecule has 2 N–H and O–H groups in total. The number of likely N-dealkylation sites (N-methyl/N-ethyl adjacent to an activating group) is 1. The van der Waals surface area contributed by atoms with Crippen LogP contribution in [0, 0.1) is 11.3 Å². The van der Waals surface area contributed by atoms with Crippen molar-refractivity contribution in [2.24, 2.45) is 11.3 Å². The van der Waals surface area contributed by atoms with Crippen LogP contribution in [0.15, 0.2) is 72.8 Å². The zero-order valence-corrected chi connectivity index (χ0v) is 33.1. The Balaban J connectivity index is 1.76. The Hall–Kier alpha value is -4.24. The average molecular weight is 715 g/mol. The van der Waals surface area contributed by atoms with Crippen LogP contribution in [0.4, 0.5) is 0 Å². The molecule has 3 rings (SSSR count). The Labute approximate surface area is 312 Å². The number of carbonyl (C=O) groups is 4. The highest BCUT2D eigenvalue weighted by atomic mass is 16.5. The van der Waals surface area contributed by atoms with Crippen molar-refractivity contribution in [3.8, 4) is 0 Å². The molecule has 3 amide bonds. The summed E-state index contributed by atoms with van der Waals surface area (Å²) < 4.78 is 5.06. The van der Waals surface area contributed by atoms with Gasteiger partial charge in [-0.15, -0.1) is 0 Å². The van der Waals surface area contributed by atoms with E-state index in [-0.39, 0.29) is 36.2 Å². The van der Waals surface area contributed by atoms with Crippen molar-refractivity contribution in [3.63, 3.8) is 0 Å². The molecule has 0 aromatic heterocycles. The van der Waals surface area contributed by atoms with Crippen molar-refractivity contribution in [1.29, 1.82) is 0 Å². The van der Waals surface area contributed by atoms with Crippen LogP contribution < -0.4 is 10.6 Å². The monoisotopic (exact) mass is 714 g/mol. The summed E-state index contributed by atoms with van der Waals surface area (Å²) in [4.78, 5) is 58.3. The molecule has 1 aliphatic rings.